The van der Waals surface area contributed by atoms with Gasteiger partial charge in [-0.15, -0.1) is 0 Å². The summed E-state index contributed by atoms with van der Waals surface area (Å²) < 4.78 is 36.0. The monoisotopic (exact) mass is 266 g/mol. The first-order chi connectivity index (χ1) is 7.85. The molecular formula is C10H13F3N2OS. The minimum atomic E-state index is -4.31. The van der Waals surface area contributed by atoms with E-state index < -0.39 is 18.5 Å². The molecule has 0 unspecified atom stereocenters. The fraction of sp³-hybridized carbons (Fsp3) is 0.600. The Labute approximate surface area is 103 Å². The molecule has 0 spiro atoms. The summed E-state index contributed by atoms with van der Waals surface area (Å²) in [6.07, 6.45) is -2.96. The highest BCUT2D eigenvalue weighted by Gasteiger charge is 2.32. The Balaban J connectivity index is 2.67. The van der Waals surface area contributed by atoms with Crippen molar-refractivity contribution in [3.05, 3.63) is 11.8 Å². The molecule has 96 valence electrons. The Kier molecular flexibility index (Phi) is 4.50. The zero-order valence-corrected chi connectivity index (χ0v) is 10.1. The van der Waals surface area contributed by atoms with Crippen molar-refractivity contribution >= 4 is 23.2 Å². The van der Waals surface area contributed by atoms with Crippen LogP contribution in [0.4, 0.5) is 13.2 Å². The fourth-order valence-electron chi connectivity index (χ4n) is 1.35. The SMILES string of the molecule is CCCCN1C(=O)/C(=C\CC(F)(F)F)NC1=S. The van der Waals surface area contributed by atoms with Gasteiger partial charge in [-0.25, -0.2) is 0 Å². The van der Waals surface area contributed by atoms with Gasteiger partial charge in [0.05, 0.1) is 6.42 Å². The van der Waals surface area contributed by atoms with Gasteiger partial charge in [-0.05, 0) is 24.7 Å². The Hall–Kier alpha value is -1.11. The number of halogens is 3. The second-order valence-corrected chi connectivity index (χ2v) is 4.06. The fourth-order valence-corrected chi connectivity index (χ4v) is 1.63. The lowest BCUT2D eigenvalue weighted by Gasteiger charge is -2.12. The van der Waals surface area contributed by atoms with Gasteiger partial charge in [-0.1, -0.05) is 13.3 Å². The predicted molar refractivity (Wildman–Crippen MR) is 61.1 cm³/mol. The van der Waals surface area contributed by atoms with Crippen LogP contribution in [0.3, 0.4) is 0 Å². The lowest BCUT2D eigenvalue weighted by Crippen LogP contribution is -2.31. The third-order valence-corrected chi connectivity index (χ3v) is 2.56. The topological polar surface area (TPSA) is 32.3 Å². The molecule has 0 bridgehead atoms. The first-order valence-electron chi connectivity index (χ1n) is 5.25. The van der Waals surface area contributed by atoms with Gasteiger partial charge in [0.2, 0.25) is 0 Å². The summed E-state index contributed by atoms with van der Waals surface area (Å²) in [4.78, 5) is 13.0. The number of nitrogens with zero attached hydrogens (tertiary/aromatic N) is 1. The molecule has 0 aromatic rings. The number of alkyl halides is 3. The van der Waals surface area contributed by atoms with Gasteiger partial charge in [0, 0.05) is 6.54 Å². The van der Waals surface area contributed by atoms with Gasteiger partial charge in [-0.2, -0.15) is 13.2 Å². The highest BCUT2D eigenvalue weighted by atomic mass is 32.1. The molecule has 1 heterocycles. The van der Waals surface area contributed by atoms with Crippen molar-refractivity contribution < 1.29 is 18.0 Å². The van der Waals surface area contributed by atoms with Crippen molar-refractivity contribution in [3.63, 3.8) is 0 Å². The molecule has 0 aromatic carbocycles. The molecule has 1 fully saturated rings. The van der Waals surface area contributed by atoms with E-state index in [-0.39, 0.29) is 10.8 Å². The molecule has 0 atom stereocenters. The third kappa shape index (κ3) is 3.99. The summed E-state index contributed by atoms with van der Waals surface area (Å²) in [6.45, 7) is 2.39. The summed E-state index contributed by atoms with van der Waals surface area (Å²) in [5, 5.41) is 2.68. The number of thiocarbonyl (C=S) groups is 1. The van der Waals surface area contributed by atoms with Crippen molar-refractivity contribution in [2.45, 2.75) is 32.4 Å². The maximum atomic E-state index is 12.0. The quantitative estimate of drug-likeness (QED) is 0.626. The van der Waals surface area contributed by atoms with E-state index in [4.69, 9.17) is 12.2 Å². The van der Waals surface area contributed by atoms with E-state index >= 15 is 0 Å². The van der Waals surface area contributed by atoms with Gasteiger partial charge in [0.1, 0.15) is 5.70 Å². The maximum absolute atomic E-state index is 12.0. The smallest absolute Gasteiger partial charge is 0.328 e. The lowest BCUT2D eigenvalue weighted by molar-refractivity contribution is -0.125. The highest BCUT2D eigenvalue weighted by molar-refractivity contribution is 7.80. The van der Waals surface area contributed by atoms with E-state index in [1.807, 2.05) is 6.92 Å². The first kappa shape index (κ1) is 14.0. The van der Waals surface area contributed by atoms with Crippen molar-refractivity contribution in [2.24, 2.45) is 0 Å². The Morgan fingerprint density at radius 2 is 2.12 bits per heavy atom. The van der Waals surface area contributed by atoms with Gasteiger partial charge < -0.3 is 5.32 Å². The number of unbranched alkanes of at least 4 members (excludes halogenated alkanes) is 1. The largest absolute Gasteiger partial charge is 0.392 e. The van der Waals surface area contributed by atoms with Gasteiger partial charge in [-0.3, -0.25) is 9.69 Å². The van der Waals surface area contributed by atoms with Crippen LogP contribution in [0.15, 0.2) is 11.8 Å². The Bertz CT molecular complexity index is 352. The number of carbonyl (C=O) groups is 1. The second-order valence-electron chi connectivity index (χ2n) is 3.68. The average Bonchev–Trinajstić information content (AvgIpc) is 2.48. The molecule has 1 aliphatic rings. The Morgan fingerprint density at radius 3 is 2.65 bits per heavy atom. The highest BCUT2D eigenvalue weighted by Crippen LogP contribution is 2.22. The number of allylic oxidation sites excluding steroid dienone is 1. The van der Waals surface area contributed by atoms with Crippen LogP contribution in [0.2, 0.25) is 0 Å². The average molecular weight is 266 g/mol. The molecule has 3 nitrogen and oxygen atoms in total. The summed E-state index contributed by atoms with van der Waals surface area (Å²) in [5.41, 5.74) is -0.0802. The van der Waals surface area contributed by atoms with Gasteiger partial charge in [0.25, 0.3) is 5.91 Å². The standard InChI is InChI=1S/C10H13F3N2OS/c1-2-3-6-15-8(16)7(14-9(15)17)4-5-10(11,12)13/h4H,2-3,5-6H2,1H3,(H,14,17)/b7-4+. The molecule has 1 N–H and O–H groups in total. The van der Waals surface area contributed by atoms with E-state index in [0.717, 1.165) is 18.9 Å². The number of amides is 1. The Morgan fingerprint density at radius 1 is 1.47 bits per heavy atom. The van der Waals surface area contributed by atoms with Crippen LogP contribution in [-0.2, 0) is 4.79 Å². The van der Waals surface area contributed by atoms with Crippen LogP contribution in [0.1, 0.15) is 26.2 Å². The van der Waals surface area contributed by atoms with Crippen molar-refractivity contribution in [1.29, 1.82) is 0 Å². The first-order valence-corrected chi connectivity index (χ1v) is 5.65. The van der Waals surface area contributed by atoms with Gasteiger partial charge in [0.15, 0.2) is 5.11 Å². The van der Waals surface area contributed by atoms with Crippen LogP contribution in [0.25, 0.3) is 0 Å². The predicted octanol–water partition coefficient (Wildman–Crippen LogP) is 2.34. The van der Waals surface area contributed by atoms with E-state index in [1.54, 1.807) is 0 Å². The van der Waals surface area contributed by atoms with Gasteiger partial charge >= 0.3 is 6.18 Å². The molecule has 7 heteroatoms. The molecule has 0 aromatic heterocycles. The second kappa shape index (κ2) is 5.48. The number of nitrogens with one attached hydrogen (secondary N) is 1. The van der Waals surface area contributed by atoms with Crippen molar-refractivity contribution in [1.82, 2.24) is 10.2 Å². The van der Waals surface area contributed by atoms with Crippen molar-refractivity contribution in [3.8, 4) is 0 Å². The molecule has 1 saturated heterocycles. The molecule has 0 radical (unpaired) electrons. The molecule has 1 aliphatic heterocycles. The van der Waals surface area contributed by atoms with Crippen LogP contribution < -0.4 is 5.32 Å². The summed E-state index contributed by atoms with van der Waals surface area (Å²) in [6, 6.07) is 0. The number of carbonyl (C=O) groups excluding carboxylic acids is 1. The lowest BCUT2D eigenvalue weighted by atomic mass is 10.3. The third-order valence-electron chi connectivity index (χ3n) is 2.24. The van der Waals surface area contributed by atoms with E-state index in [1.165, 1.54) is 4.90 Å². The molecule has 0 aliphatic carbocycles. The minimum absolute atomic E-state index is 0.0802. The normalized spacial score (nSPS) is 19.1. The number of rotatable bonds is 4. The van der Waals surface area contributed by atoms with E-state index in [0.29, 0.717) is 6.54 Å². The zero-order valence-electron chi connectivity index (χ0n) is 9.30. The molecule has 1 amide bonds. The van der Waals surface area contributed by atoms with Crippen molar-refractivity contribution in [2.75, 3.05) is 6.54 Å². The molecule has 0 saturated carbocycles. The van der Waals surface area contributed by atoms with E-state index in [9.17, 15) is 18.0 Å². The van der Waals surface area contributed by atoms with E-state index in [2.05, 4.69) is 5.32 Å². The molecule has 17 heavy (non-hydrogen) atoms. The number of hydrogen-bond acceptors (Lipinski definition) is 2. The summed E-state index contributed by atoms with van der Waals surface area (Å²) in [7, 11) is 0. The van der Waals surface area contributed by atoms with Crippen LogP contribution in [0, 0.1) is 0 Å². The summed E-state index contributed by atoms with van der Waals surface area (Å²) in [5.74, 6) is -0.479. The zero-order chi connectivity index (χ0) is 13.1. The molecular weight excluding hydrogens is 253 g/mol. The van der Waals surface area contributed by atoms with Crippen LogP contribution in [0.5, 0.6) is 0 Å². The minimum Gasteiger partial charge on any atom is -0.328 e. The van der Waals surface area contributed by atoms with Crippen LogP contribution >= 0.6 is 12.2 Å². The maximum Gasteiger partial charge on any atom is 0.392 e. The molecule has 1 rings (SSSR count). The number of hydrogen-bond donors (Lipinski definition) is 1. The van der Waals surface area contributed by atoms with Crippen LogP contribution in [-0.4, -0.2) is 28.6 Å². The summed E-state index contributed by atoms with van der Waals surface area (Å²) >= 11 is 4.89.